The molecule has 0 aliphatic carbocycles. The van der Waals surface area contributed by atoms with E-state index in [1.165, 1.54) is 11.3 Å². The average molecular weight is 334 g/mol. The number of hydrogen-bond acceptors (Lipinski definition) is 4. The van der Waals surface area contributed by atoms with Gasteiger partial charge in [-0.15, -0.1) is 6.58 Å². The van der Waals surface area contributed by atoms with Crippen molar-refractivity contribution < 1.29 is 0 Å². The lowest BCUT2D eigenvalue weighted by Gasteiger charge is -2.57. The molecule has 0 amide bonds. The predicted octanol–water partition coefficient (Wildman–Crippen LogP) is 4.65. The largest absolute Gasteiger partial charge is 0.344 e. The standard InChI is InChI=1S/C21H26N4/c1-7-21(6)15-10-8-9-11-16(15)25-18-17(12-22-13-23-18)24(14(2)3)19(25)20(21,4)5/h7-14,19H,1H2,2-6H3. The van der Waals surface area contributed by atoms with E-state index in [0.29, 0.717) is 6.04 Å². The summed E-state index contributed by atoms with van der Waals surface area (Å²) >= 11 is 0. The second kappa shape index (κ2) is 5.07. The third kappa shape index (κ3) is 1.82. The molecule has 0 N–H and O–H groups in total. The number of rotatable bonds is 2. The fraction of sp³-hybridized carbons (Fsp3) is 0.429. The third-order valence-electron chi connectivity index (χ3n) is 6.36. The molecule has 25 heavy (non-hydrogen) atoms. The molecular formula is C21H26N4. The van der Waals surface area contributed by atoms with Gasteiger partial charge in [0.15, 0.2) is 5.82 Å². The van der Waals surface area contributed by atoms with Crippen molar-refractivity contribution in [3.8, 4) is 0 Å². The number of aromatic nitrogens is 2. The minimum absolute atomic E-state index is 0.0753. The van der Waals surface area contributed by atoms with Gasteiger partial charge in [0.05, 0.1) is 6.20 Å². The van der Waals surface area contributed by atoms with Gasteiger partial charge in [0.25, 0.3) is 0 Å². The lowest BCUT2D eigenvalue weighted by atomic mass is 9.58. The number of fused-ring (bicyclic) bond motifs is 5. The van der Waals surface area contributed by atoms with Gasteiger partial charge in [-0.1, -0.05) is 45.0 Å². The Morgan fingerprint density at radius 2 is 1.88 bits per heavy atom. The monoisotopic (exact) mass is 334 g/mol. The molecule has 0 saturated heterocycles. The van der Waals surface area contributed by atoms with E-state index >= 15 is 0 Å². The van der Waals surface area contributed by atoms with Crippen molar-refractivity contribution in [3.05, 3.63) is 55.0 Å². The van der Waals surface area contributed by atoms with E-state index in [1.54, 1.807) is 6.33 Å². The maximum absolute atomic E-state index is 4.66. The summed E-state index contributed by atoms with van der Waals surface area (Å²) in [6.07, 6.45) is 5.88. The van der Waals surface area contributed by atoms with Crippen molar-refractivity contribution in [3.63, 3.8) is 0 Å². The summed E-state index contributed by atoms with van der Waals surface area (Å²) in [5.41, 5.74) is 3.42. The van der Waals surface area contributed by atoms with E-state index in [9.17, 15) is 0 Å². The topological polar surface area (TPSA) is 32.3 Å². The van der Waals surface area contributed by atoms with Gasteiger partial charge >= 0.3 is 0 Å². The Hall–Kier alpha value is -2.36. The summed E-state index contributed by atoms with van der Waals surface area (Å²) in [5.74, 6) is 1.00. The van der Waals surface area contributed by atoms with E-state index in [-0.39, 0.29) is 17.0 Å². The lowest BCUT2D eigenvalue weighted by molar-refractivity contribution is 0.160. The Bertz CT molecular complexity index is 841. The van der Waals surface area contributed by atoms with Gasteiger partial charge in [-0.3, -0.25) is 0 Å². The zero-order valence-corrected chi connectivity index (χ0v) is 15.7. The zero-order valence-electron chi connectivity index (χ0n) is 15.7. The molecule has 4 rings (SSSR count). The zero-order chi connectivity index (χ0) is 18.0. The van der Waals surface area contributed by atoms with E-state index in [4.69, 9.17) is 0 Å². The van der Waals surface area contributed by atoms with Gasteiger partial charge in [-0.25, -0.2) is 9.97 Å². The van der Waals surface area contributed by atoms with Crippen LogP contribution in [0.25, 0.3) is 0 Å². The van der Waals surface area contributed by atoms with Crippen LogP contribution in [0.2, 0.25) is 0 Å². The van der Waals surface area contributed by atoms with Crippen LogP contribution in [0.15, 0.2) is 49.4 Å². The first kappa shape index (κ1) is 16.1. The Kier molecular flexibility index (Phi) is 3.27. The molecule has 2 aliphatic rings. The maximum Gasteiger partial charge on any atom is 0.161 e. The van der Waals surface area contributed by atoms with Crippen molar-refractivity contribution in [1.29, 1.82) is 0 Å². The Morgan fingerprint density at radius 3 is 2.56 bits per heavy atom. The van der Waals surface area contributed by atoms with Crippen LogP contribution in [0.4, 0.5) is 17.2 Å². The van der Waals surface area contributed by atoms with E-state index < -0.39 is 0 Å². The van der Waals surface area contributed by atoms with Crippen molar-refractivity contribution in [2.24, 2.45) is 5.41 Å². The summed E-state index contributed by atoms with van der Waals surface area (Å²) in [5, 5.41) is 0. The molecule has 0 saturated carbocycles. The highest BCUT2D eigenvalue weighted by Crippen LogP contribution is 2.60. The van der Waals surface area contributed by atoms with Crippen LogP contribution in [0, 0.1) is 5.41 Å². The number of allylic oxidation sites excluding steroid dienone is 1. The summed E-state index contributed by atoms with van der Waals surface area (Å²) < 4.78 is 0. The molecule has 0 spiro atoms. The second-order valence-corrected chi connectivity index (χ2v) is 8.12. The summed E-state index contributed by atoms with van der Waals surface area (Å²) in [7, 11) is 0. The molecular weight excluding hydrogens is 308 g/mol. The summed E-state index contributed by atoms with van der Waals surface area (Å²) in [6.45, 7) is 15.7. The van der Waals surface area contributed by atoms with E-state index in [1.807, 2.05) is 6.20 Å². The summed E-state index contributed by atoms with van der Waals surface area (Å²) in [6, 6.07) is 9.01. The number of hydrogen-bond donors (Lipinski definition) is 0. The molecule has 4 heteroatoms. The molecule has 0 fully saturated rings. The molecule has 0 radical (unpaired) electrons. The van der Waals surface area contributed by atoms with Gasteiger partial charge in [0.1, 0.15) is 18.2 Å². The first-order chi connectivity index (χ1) is 11.8. The van der Waals surface area contributed by atoms with Gasteiger partial charge in [-0.05, 0) is 25.5 Å². The number of nitrogens with zero attached hydrogens (tertiary/aromatic N) is 4. The highest BCUT2D eigenvalue weighted by Gasteiger charge is 2.59. The maximum atomic E-state index is 4.66. The fourth-order valence-electron chi connectivity index (χ4n) is 4.64. The highest BCUT2D eigenvalue weighted by molar-refractivity contribution is 5.84. The van der Waals surface area contributed by atoms with Crippen LogP contribution in [0.5, 0.6) is 0 Å². The average Bonchev–Trinajstić information content (AvgIpc) is 2.96. The van der Waals surface area contributed by atoms with Crippen LogP contribution >= 0.6 is 0 Å². The molecule has 2 unspecified atom stereocenters. The molecule has 0 bridgehead atoms. The van der Waals surface area contributed by atoms with Crippen LogP contribution in [-0.4, -0.2) is 22.2 Å². The Morgan fingerprint density at radius 1 is 1.16 bits per heavy atom. The van der Waals surface area contributed by atoms with E-state index in [2.05, 4.69) is 91.3 Å². The van der Waals surface area contributed by atoms with Crippen molar-refractivity contribution in [2.45, 2.75) is 52.2 Å². The molecule has 1 aromatic heterocycles. The van der Waals surface area contributed by atoms with Crippen LogP contribution in [-0.2, 0) is 5.41 Å². The first-order valence-electron chi connectivity index (χ1n) is 8.95. The lowest BCUT2D eigenvalue weighted by Crippen LogP contribution is -2.62. The van der Waals surface area contributed by atoms with Crippen LogP contribution in [0.3, 0.4) is 0 Å². The predicted molar refractivity (Wildman–Crippen MR) is 103 cm³/mol. The van der Waals surface area contributed by atoms with Gasteiger partial charge in [0, 0.05) is 22.6 Å². The van der Waals surface area contributed by atoms with Crippen molar-refractivity contribution in [2.75, 3.05) is 9.80 Å². The highest BCUT2D eigenvalue weighted by atomic mass is 15.5. The second-order valence-electron chi connectivity index (χ2n) is 8.12. The number of anilines is 3. The van der Waals surface area contributed by atoms with Crippen LogP contribution in [0.1, 0.15) is 40.2 Å². The number of benzene rings is 1. The van der Waals surface area contributed by atoms with Gasteiger partial charge in [-0.2, -0.15) is 0 Å². The molecule has 3 heterocycles. The molecule has 1 aromatic carbocycles. The van der Waals surface area contributed by atoms with Crippen molar-refractivity contribution >= 4 is 17.2 Å². The third-order valence-corrected chi connectivity index (χ3v) is 6.36. The SMILES string of the molecule is C=CC1(C)c2ccccc2N2c3ncncc3N(C(C)C)C2C1(C)C. The smallest absolute Gasteiger partial charge is 0.161 e. The fourth-order valence-corrected chi connectivity index (χ4v) is 4.64. The Labute approximate surface area is 150 Å². The minimum atomic E-state index is -0.145. The van der Waals surface area contributed by atoms with Gasteiger partial charge < -0.3 is 9.80 Å². The molecule has 2 aliphatic heterocycles. The van der Waals surface area contributed by atoms with Gasteiger partial charge in [0.2, 0.25) is 0 Å². The first-order valence-corrected chi connectivity index (χ1v) is 8.95. The van der Waals surface area contributed by atoms with E-state index in [0.717, 1.165) is 11.5 Å². The minimum Gasteiger partial charge on any atom is -0.344 e. The normalized spacial score (nSPS) is 26.2. The number of para-hydroxylation sites is 1. The molecule has 4 nitrogen and oxygen atoms in total. The van der Waals surface area contributed by atoms with Crippen molar-refractivity contribution in [1.82, 2.24) is 9.97 Å². The molecule has 2 atom stereocenters. The molecule has 130 valence electrons. The summed E-state index contributed by atoms with van der Waals surface area (Å²) in [4.78, 5) is 13.8. The van der Waals surface area contributed by atoms with Crippen LogP contribution < -0.4 is 9.80 Å². The molecule has 2 aromatic rings. The Balaban J connectivity index is 2.08. The quantitative estimate of drug-likeness (QED) is 0.748.